The normalized spacial score (nSPS) is 14.9. The summed E-state index contributed by atoms with van der Waals surface area (Å²) >= 11 is 0. The number of nitriles is 4. The van der Waals surface area contributed by atoms with Crippen molar-refractivity contribution < 1.29 is 19.1 Å². The van der Waals surface area contributed by atoms with Crippen molar-refractivity contribution in [2.75, 3.05) is 5.32 Å². The number of nitrogens with zero attached hydrogens (tertiary/aromatic N) is 4. The molecule has 10 nitrogen and oxygen atoms in total. The lowest BCUT2D eigenvalue weighted by Crippen LogP contribution is -2.45. The molecule has 0 unspecified atom stereocenters. The van der Waals surface area contributed by atoms with Gasteiger partial charge >= 0.3 is 6.09 Å². The van der Waals surface area contributed by atoms with Crippen LogP contribution in [0.3, 0.4) is 0 Å². The van der Waals surface area contributed by atoms with Crippen molar-refractivity contribution in [1.29, 1.82) is 21.0 Å². The second kappa shape index (κ2) is 11.6. The van der Waals surface area contributed by atoms with Crippen LogP contribution in [0.25, 0.3) is 6.08 Å². The molecule has 37 heavy (non-hydrogen) atoms. The highest BCUT2D eigenvalue weighted by molar-refractivity contribution is 5.96. The Morgan fingerprint density at radius 2 is 1.70 bits per heavy atom. The van der Waals surface area contributed by atoms with Crippen LogP contribution in [0.4, 0.5) is 10.5 Å². The van der Waals surface area contributed by atoms with Gasteiger partial charge in [0.25, 0.3) is 0 Å². The van der Waals surface area contributed by atoms with Crippen LogP contribution in [0.2, 0.25) is 0 Å². The van der Waals surface area contributed by atoms with Gasteiger partial charge in [0, 0.05) is 11.3 Å². The highest BCUT2D eigenvalue weighted by Crippen LogP contribution is 2.40. The number of hydrogen-bond acceptors (Lipinski definition) is 8. The Labute approximate surface area is 215 Å². The minimum absolute atomic E-state index is 0.0397. The lowest BCUT2D eigenvalue weighted by molar-refractivity contribution is -0.118. The molecule has 1 aliphatic heterocycles. The van der Waals surface area contributed by atoms with Gasteiger partial charge in [0.15, 0.2) is 11.3 Å². The number of alkyl carbamates (subject to hydrolysis) is 1. The molecule has 10 heteroatoms. The number of hydrogen-bond donors (Lipinski definition) is 2. The number of anilines is 1. The second-order valence-corrected chi connectivity index (χ2v) is 9.45. The van der Waals surface area contributed by atoms with Gasteiger partial charge in [-0.1, -0.05) is 24.3 Å². The summed E-state index contributed by atoms with van der Waals surface area (Å²) in [6.07, 6.45) is 2.37. The van der Waals surface area contributed by atoms with Crippen molar-refractivity contribution in [1.82, 2.24) is 5.32 Å². The number of nitrogens with one attached hydrogen (secondary N) is 2. The van der Waals surface area contributed by atoms with Crippen LogP contribution in [0, 0.1) is 45.3 Å². The maximum atomic E-state index is 12.6. The molecule has 188 valence electrons. The molecule has 2 amide bonds. The quantitative estimate of drug-likeness (QED) is 0.544. The van der Waals surface area contributed by atoms with Crippen molar-refractivity contribution in [3.63, 3.8) is 0 Å². The number of carbonyl (C=O) groups is 2. The monoisotopic (exact) mass is 498 g/mol. The van der Waals surface area contributed by atoms with Gasteiger partial charge in [0.1, 0.15) is 41.0 Å². The Balaban J connectivity index is 2.19. The van der Waals surface area contributed by atoms with Gasteiger partial charge in [-0.3, -0.25) is 4.79 Å². The van der Waals surface area contributed by atoms with E-state index in [-0.39, 0.29) is 23.3 Å². The van der Waals surface area contributed by atoms with Crippen molar-refractivity contribution in [2.45, 2.75) is 58.3 Å². The molecule has 0 aliphatic carbocycles. The van der Waals surface area contributed by atoms with Crippen molar-refractivity contribution >= 4 is 23.8 Å². The number of carbonyl (C=O) groups excluding carboxylic acids is 2. The second-order valence-electron chi connectivity index (χ2n) is 9.45. The zero-order chi connectivity index (χ0) is 27.8. The van der Waals surface area contributed by atoms with Gasteiger partial charge < -0.3 is 20.1 Å². The average molecular weight is 499 g/mol. The van der Waals surface area contributed by atoms with Gasteiger partial charge in [-0.05, 0) is 52.3 Å². The Hall–Kier alpha value is -5.06. The van der Waals surface area contributed by atoms with Crippen LogP contribution in [0.5, 0.6) is 0 Å². The molecule has 0 aromatic heterocycles. The van der Waals surface area contributed by atoms with Crippen LogP contribution in [-0.4, -0.2) is 29.2 Å². The first kappa shape index (κ1) is 28.2. The maximum Gasteiger partial charge on any atom is 0.408 e. The summed E-state index contributed by atoms with van der Waals surface area (Å²) in [6.45, 7) is 8.51. The Kier molecular flexibility index (Phi) is 8.82. The maximum absolute atomic E-state index is 12.6. The molecule has 2 rings (SSSR count). The third-order valence-corrected chi connectivity index (χ3v) is 4.99. The molecule has 0 fully saturated rings. The summed E-state index contributed by atoms with van der Waals surface area (Å²) in [5.41, 5.74) is -0.157. The lowest BCUT2D eigenvalue weighted by atomic mass is 9.94. The largest absolute Gasteiger partial charge is 0.480 e. The molecule has 0 bridgehead atoms. The number of ether oxygens (including phenoxy) is 2. The van der Waals surface area contributed by atoms with E-state index in [4.69, 9.17) is 14.7 Å². The van der Waals surface area contributed by atoms with E-state index in [1.54, 1.807) is 83.2 Å². The Bertz CT molecular complexity index is 1320. The van der Waals surface area contributed by atoms with Crippen molar-refractivity contribution in [3.05, 3.63) is 58.4 Å². The van der Waals surface area contributed by atoms with Crippen molar-refractivity contribution in [3.8, 4) is 24.3 Å². The van der Waals surface area contributed by atoms with Gasteiger partial charge in [0.2, 0.25) is 5.91 Å². The number of rotatable bonds is 6. The molecule has 1 aromatic rings. The van der Waals surface area contributed by atoms with E-state index >= 15 is 0 Å². The molecule has 0 radical (unpaired) electrons. The molecule has 1 heterocycles. The zero-order valence-electron chi connectivity index (χ0n) is 21.2. The van der Waals surface area contributed by atoms with E-state index < -0.39 is 29.2 Å². The van der Waals surface area contributed by atoms with E-state index in [1.165, 1.54) is 0 Å². The molecule has 0 saturated heterocycles. The minimum atomic E-state index is -1.10. The fourth-order valence-electron chi connectivity index (χ4n) is 3.32. The third-order valence-electron chi connectivity index (χ3n) is 4.99. The van der Waals surface area contributed by atoms with Crippen LogP contribution in [-0.2, 0) is 14.3 Å². The third kappa shape index (κ3) is 7.46. The summed E-state index contributed by atoms with van der Waals surface area (Å²) in [6, 6.07) is 13.0. The first-order valence-electron chi connectivity index (χ1n) is 11.2. The van der Waals surface area contributed by atoms with Crippen molar-refractivity contribution in [2.24, 2.45) is 0 Å². The summed E-state index contributed by atoms with van der Waals surface area (Å²) in [5, 5.41) is 42.1. The van der Waals surface area contributed by atoms with Crippen LogP contribution < -0.4 is 10.6 Å². The molecular weight excluding hydrogens is 472 g/mol. The first-order chi connectivity index (χ1) is 17.3. The van der Waals surface area contributed by atoms with Gasteiger partial charge in [-0.15, -0.1) is 0 Å². The predicted octanol–water partition coefficient (Wildman–Crippen LogP) is 4.38. The smallest absolute Gasteiger partial charge is 0.408 e. The molecule has 0 spiro atoms. The molecule has 2 N–H and O–H groups in total. The number of benzene rings is 1. The predicted molar refractivity (Wildman–Crippen MR) is 134 cm³/mol. The summed E-state index contributed by atoms with van der Waals surface area (Å²) in [4.78, 5) is 24.6. The van der Waals surface area contributed by atoms with E-state index in [9.17, 15) is 25.4 Å². The zero-order valence-corrected chi connectivity index (χ0v) is 21.2. The fourth-order valence-corrected chi connectivity index (χ4v) is 3.32. The van der Waals surface area contributed by atoms with E-state index in [0.29, 0.717) is 11.3 Å². The Morgan fingerprint density at radius 1 is 1.08 bits per heavy atom. The fraction of sp³-hybridized carbons (Fsp3) is 0.333. The van der Waals surface area contributed by atoms with Gasteiger partial charge in [0.05, 0.1) is 12.5 Å². The van der Waals surface area contributed by atoms with Crippen LogP contribution in [0.15, 0.2) is 52.8 Å². The molecule has 1 aliphatic rings. The summed E-state index contributed by atoms with van der Waals surface area (Å²) in [7, 11) is 0. The van der Waals surface area contributed by atoms with E-state index in [1.807, 2.05) is 12.1 Å². The summed E-state index contributed by atoms with van der Waals surface area (Å²) < 4.78 is 10.9. The van der Waals surface area contributed by atoms with Gasteiger partial charge in [-0.25, -0.2) is 4.79 Å². The van der Waals surface area contributed by atoms with Crippen LogP contribution in [0.1, 0.15) is 46.6 Å². The number of allylic oxidation sites excluding steroid dienone is 2. The lowest BCUT2D eigenvalue weighted by Gasteiger charge is -2.22. The molecule has 0 saturated carbocycles. The number of amides is 2. The molecular formula is C27H26N6O4. The standard InChI is InChI=1S/C27H26N6O4/c1-26(2,3)37-25(35)33-22(12-13-28)24(34)32-19-9-6-17(7-10-19)8-11-21-20(16-31)23(18(14-29)15-30)36-27(21,4)5/h6-11,22H,12H2,1-5H3,(H,32,34)(H,33,35)/b11-8+/t22-/m0/s1. The van der Waals surface area contributed by atoms with E-state index in [2.05, 4.69) is 10.6 Å². The minimum Gasteiger partial charge on any atom is -0.480 e. The highest BCUT2D eigenvalue weighted by atomic mass is 16.6. The topological polar surface area (TPSA) is 172 Å². The highest BCUT2D eigenvalue weighted by Gasteiger charge is 2.38. The Morgan fingerprint density at radius 3 is 2.22 bits per heavy atom. The first-order valence-corrected chi connectivity index (χ1v) is 11.2. The van der Waals surface area contributed by atoms with Gasteiger partial charge in [-0.2, -0.15) is 21.0 Å². The summed E-state index contributed by atoms with van der Waals surface area (Å²) in [5.74, 6) is -0.614. The molecule has 1 atom stereocenters. The molecule has 1 aromatic carbocycles. The average Bonchev–Trinajstić information content (AvgIpc) is 3.07. The van der Waals surface area contributed by atoms with E-state index in [0.717, 1.165) is 5.56 Å². The SMILES string of the molecule is CC(C)(C)OC(=O)N[C@@H](CC#N)C(=O)Nc1ccc(/C=C/C2=C(C#N)C(=C(C#N)C#N)OC2(C)C)cc1. The van der Waals surface area contributed by atoms with Crippen LogP contribution >= 0.6 is 0 Å².